The molecule has 0 bridgehead atoms. The summed E-state index contributed by atoms with van der Waals surface area (Å²) in [5.41, 5.74) is 18.5. The first-order chi connectivity index (χ1) is 63.4. The van der Waals surface area contributed by atoms with Crippen LogP contribution < -0.4 is 80.4 Å². The number of ether oxygens (including phenoxy) is 2. The molecule has 8 rings (SSSR count). The Labute approximate surface area is 783 Å². The molecule has 0 aliphatic carbocycles. The van der Waals surface area contributed by atoms with Gasteiger partial charge >= 0.3 is 5.97 Å². The van der Waals surface area contributed by atoms with Gasteiger partial charge in [0.1, 0.15) is 72.0 Å². The number of fused-ring (bicyclic) bond motifs is 2. The zero-order valence-corrected chi connectivity index (χ0v) is 78.4. The number of primary amides is 2. The summed E-state index contributed by atoms with van der Waals surface area (Å²) in [4.78, 5) is 267. The third-order valence-corrected chi connectivity index (χ3v) is 27.3. The van der Waals surface area contributed by atoms with Crippen LogP contribution in [0.15, 0.2) is 116 Å². The molecule has 2 aliphatic rings. The van der Waals surface area contributed by atoms with E-state index in [-0.39, 0.29) is 103 Å². The number of hydrogen-bond donors (Lipinski definition) is 17. The molecule has 2 aliphatic heterocycles. The number of aliphatic hydroxyl groups is 1. The average Bonchev–Trinajstić information content (AvgIpc) is 1.69. The number of benzene rings is 4. The Balaban J connectivity index is 1.22. The van der Waals surface area contributed by atoms with E-state index >= 15 is 28.8 Å². The summed E-state index contributed by atoms with van der Waals surface area (Å²) in [7, 11) is 3.16. The smallest absolute Gasteiger partial charge is 0.303 e. The van der Waals surface area contributed by atoms with Crippen molar-refractivity contribution < 1.29 is 106 Å². The van der Waals surface area contributed by atoms with Crippen LogP contribution in [-0.2, 0) is 117 Å². The number of carboxylic acid groups (broad SMARTS) is 1. The predicted octanol–water partition coefficient (Wildman–Crippen LogP) is 1.13. The Hall–Kier alpha value is -12.7. The lowest BCUT2D eigenvalue weighted by Crippen LogP contribution is -2.65. The number of aromatic amines is 1. The number of aryl methyl sites for hydroxylation is 1. The first kappa shape index (κ1) is 107. The van der Waals surface area contributed by atoms with Gasteiger partial charge in [-0.15, -0.1) is 0 Å². The number of amides is 14. The van der Waals surface area contributed by atoms with Crippen molar-refractivity contribution in [3.05, 3.63) is 143 Å². The second-order valence-electron chi connectivity index (χ2n) is 35.0. The van der Waals surface area contributed by atoms with Gasteiger partial charge in [0.15, 0.2) is 11.6 Å². The van der Waals surface area contributed by atoms with Gasteiger partial charge in [0.2, 0.25) is 82.7 Å². The maximum atomic E-state index is 16.4. The van der Waals surface area contributed by atoms with Crippen LogP contribution in [0, 0.1) is 18.8 Å². The number of nitrogens with one attached hydrogen (secondary N) is 12. The van der Waals surface area contributed by atoms with Crippen molar-refractivity contribution in [1.29, 1.82) is 0 Å². The molecule has 12 atom stereocenters. The van der Waals surface area contributed by atoms with Crippen molar-refractivity contribution in [2.75, 3.05) is 46.5 Å². The Bertz CT molecular complexity index is 5260. The topological polar surface area (TPSA) is 608 Å². The Kier molecular flexibility index (Phi) is 39.7. The van der Waals surface area contributed by atoms with E-state index in [0.29, 0.717) is 44.3 Å². The lowest BCUT2D eigenvalue weighted by molar-refractivity contribution is -0.142. The Morgan fingerprint density at radius 1 is 0.649 bits per heavy atom. The van der Waals surface area contributed by atoms with E-state index in [1.165, 1.54) is 61.0 Å². The largest absolute Gasteiger partial charge is 0.492 e. The molecule has 2 saturated heterocycles. The fourth-order valence-corrected chi connectivity index (χ4v) is 18.7. The summed E-state index contributed by atoms with van der Waals surface area (Å²) in [6, 6.07) is 11.5. The predicted molar refractivity (Wildman–Crippen MR) is 498 cm³/mol. The molecular weight excluding hydrogens is 1770 g/mol. The quantitative estimate of drug-likeness (QED) is 0.0189. The number of para-hydroxylation sites is 1. The summed E-state index contributed by atoms with van der Waals surface area (Å²) in [5, 5.41) is 53.1. The molecule has 0 unspecified atom stereocenters. The first-order valence-electron chi connectivity index (χ1n) is 44.2. The number of aromatic nitrogens is 2. The molecule has 134 heavy (non-hydrogen) atoms. The van der Waals surface area contributed by atoms with Crippen LogP contribution in [0.3, 0.4) is 0 Å². The van der Waals surface area contributed by atoms with E-state index in [1.54, 1.807) is 79.0 Å². The van der Waals surface area contributed by atoms with Gasteiger partial charge in [0.25, 0.3) is 0 Å². The molecule has 6 aromatic rings. The third kappa shape index (κ3) is 31.7. The van der Waals surface area contributed by atoms with E-state index in [1.807, 2.05) is 31.2 Å². The van der Waals surface area contributed by atoms with Crippen LogP contribution in [0.25, 0.3) is 21.7 Å². The van der Waals surface area contributed by atoms with Crippen molar-refractivity contribution in [2.45, 2.75) is 234 Å². The molecule has 14 amide bonds. The van der Waals surface area contributed by atoms with Crippen LogP contribution in [0.4, 0.5) is 0 Å². The van der Waals surface area contributed by atoms with Crippen LogP contribution in [-0.4, -0.2) is 253 Å². The van der Waals surface area contributed by atoms with E-state index < -0.39 is 227 Å². The van der Waals surface area contributed by atoms with Crippen molar-refractivity contribution in [2.24, 2.45) is 29.0 Å². The molecule has 20 N–H and O–H groups in total. The number of Topliss-reactive ketones (excluding diaryl/α,β-unsaturated/α-hetero) is 3. The van der Waals surface area contributed by atoms with Gasteiger partial charge in [0.05, 0.1) is 31.5 Å². The number of carbonyl (C=O) groups is 18. The molecule has 4 aromatic carbocycles. The summed E-state index contributed by atoms with van der Waals surface area (Å²) < 4.78 is 8.33. The summed E-state index contributed by atoms with van der Waals surface area (Å²) in [5.74, 6) is -19.5. The number of hydrogen-bond acceptors (Lipinski definition) is 25. The maximum absolute atomic E-state index is 16.4. The highest BCUT2D eigenvalue weighted by Crippen LogP contribution is 2.47. The third-order valence-electron chi connectivity index (χ3n) is 23.1. The maximum Gasteiger partial charge on any atom is 0.303 e. The molecule has 2 fully saturated rings. The normalized spacial score (nSPS) is 19.6. The highest BCUT2D eigenvalue weighted by Gasteiger charge is 2.49. The van der Waals surface area contributed by atoms with Gasteiger partial charge in [-0.3, -0.25) is 91.3 Å². The number of aliphatic hydroxyl groups excluding tert-OH is 1. The molecule has 4 heterocycles. The highest BCUT2D eigenvalue weighted by molar-refractivity contribution is 8.77. The zero-order valence-electron chi connectivity index (χ0n) is 76.7. The van der Waals surface area contributed by atoms with Gasteiger partial charge in [-0.05, 0) is 137 Å². The standard InChI is InChI=1S/C93H123N17O22S2/c1-51-17-15-21-65-63(49-99-77(51)65)43-70-84(124)101-66(22-13-14-35-98-54(4)113)82(122)108-80(92(8,9)134-133-91(6,7)79(100-55(5)114)88(128)106-71(47-75(96)118)85(125)107-78(53(3)112)87(127)104-70)89(129)105-68(41-56-24-28-64(29-25-56)132-38-33-94)83(123)103-69(42-57-23-26-59-19-11-12-20-60(59)39-57)86(126)109-93(31-36-131-37-32-93)73(116)45-61(27-30-76(119)120)81(121)102-67(46-74(95)117)72(115)44-62(40-58-18-16-34-97-48-58)90(130)110(10)50-52(2)111/h11-12,15-21,23-26,28-29,34,39,48-49,53,61-62,66-71,78-80,99,112H,13-14,22,27,30-33,35-38,40-47,50,94H2,1-10H3,(H2,95,117)(H2,96,118)(H,98,113)(H,100,114)(H,101,124)(H,102,121)(H,103,123)(H,104,127)(H,105,129)(H,106,128)(H,107,125)(H,108,122)(H,109,126)(H,119,120)/t53-,61-,62-,66+,67+,68+,69+,70+,71+,78+,79-,80-/m1/s1. The number of carbonyl (C=O) groups excluding carboxylic acids is 17. The molecular formula is C93H123N17O22S2. The molecule has 0 saturated carbocycles. The minimum absolute atomic E-state index is 0.0759. The molecule has 41 heteroatoms. The molecule has 0 radical (unpaired) electrons. The Morgan fingerprint density at radius 3 is 1.93 bits per heavy atom. The number of aliphatic carboxylic acids is 1. The number of likely N-dealkylation sites (N-methyl/N-ethyl adjacent to an activating group) is 1. The van der Waals surface area contributed by atoms with Crippen LogP contribution in [0.1, 0.15) is 154 Å². The van der Waals surface area contributed by atoms with Gasteiger partial charge in [0, 0.05) is 149 Å². The van der Waals surface area contributed by atoms with Crippen LogP contribution >= 0.6 is 21.6 Å². The van der Waals surface area contributed by atoms with Gasteiger partial charge < -0.3 is 105 Å². The van der Waals surface area contributed by atoms with Crippen LogP contribution in [0.2, 0.25) is 0 Å². The number of pyridine rings is 1. The molecule has 2 aromatic heterocycles. The fourth-order valence-electron chi connectivity index (χ4n) is 15.8. The van der Waals surface area contributed by atoms with Gasteiger partial charge in [-0.2, -0.15) is 0 Å². The monoisotopic (exact) mass is 1890 g/mol. The number of ketones is 3. The number of carboxylic acids is 1. The number of nitrogens with two attached hydrogens (primary N) is 3. The zero-order chi connectivity index (χ0) is 98.5. The van der Waals surface area contributed by atoms with Gasteiger partial charge in [-0.1, -0.05) is 100 Å². The molecule has 724 valence electrons. The second kappa shape index (κ2) is 49.8. The minimum atomic E-state index is -1.97. The van der Waals surface area contributed by atoms with Crippen molar-refractivity contribution in [3.63, 3.8) is 0 Å². The second-order valence-corrected chi connectivity index (χ2v) is 38.5. The summed E-state index contributed by atoms with van der Waals surface area (Å²) >= 11 is 0. The molecule has 39 nitrogen and oxygen atoms in total. The number of nitrogens with zero attached hydrogens (tertiary/aromatic N) is 2. The fraction of sp³-hybridized carbons (Fsp3) is 0.495. The SMILES string of the molecule is CC(=O)CN(C)C(=O)[C@@H](CC(=O)[C@H](CC(N)=O)NC(=O)[C@H](CCC(=O)O)CC(=O)C1(NC(=O)[C@H](Cc2ccc3ccccc3c2)NC(=O)[C@H](Cc2ccc(OCCN)cc2)NC(=O)[C@H]2NC(=O)[C@H](CCCCNC(C)=O)NC(=O)[C@H](Cc3c[nH]c4c(C)cccc34)NC(=O)[C@H]([C@@H](C)O)NC(=O)[C@H](CC(N)=O)NC(=O)[C@@H](NC(C)=O)C(C)(C)SSC2(C)C)CCOCC1)Cc1cccnc1. The summed E-state index contributed by atoms with van der Waals surface area (Å²) in [6.07, 6.45) is -3.16. The number of H-pyrrole nitrogens is 1. The van der Waals surface area contributed by atoms with Crippen molar-refractivity contribution in [3.8, 4) is 5.75 Å². The number of unbranched alkanes of at least 4 members (excludes halogenated alkanes) is 1. The van der Waals surface area contributed by atoms with E-state index in [0.717, 1.165) is 51.3 Å². The first-order valence-corrected chi connectivity index (χ1v) is 46.3. The lowest BCUT2D eigenvalue weighted by atomic mass is 9.80. The van der Waals surface area contributed by atoms with Crippen molar-refractivity contribution in [1.82, 2.24) is 73.4 Å². The van der Waals surface area contributed by atoms with E-state index in [4.69, 9.17) is 26.7 Å². The molecule has 0 spiro atoms. The van der Waals surface area contributed by atoms with E-state index in [2.05, 4.69) is 68.5 Å². The van der Waals surface area contributed by atoms with E-state index in [9.17, 15) is 67.7 Å². The highest BCUT2D eigenvalue weighted by atomic mass is 33.1. The van der Waals surface area contributed by atoms with Crippen molar-refractivity contribution >= 4 is 149 Å². The van der Waals surface area contributed by atoms with Gasteiger partial charge in [-0.25, -0.2) is 0 Å². The number of rotatable bonds is 42. The average molecular weight is 1900 g/mol. The minimum Gasteiger partial charge on any atom is -0.492 e. The van der Waals surface area contributed by atoms with Crippen LogP contribution in [0.5, 0.6) is 5.75 Å². The summed E-state index contributed by atoms with van der Waals surface area (Å²) in [6.45, 7) is 12.4. The lowest BCUT2D eigenvalue weighted by Gasteiger charge is -2.39. The Morgan fingerprint density at radius 2 is 1.29 bits per heavy atom.